The van der Waals surface area contributed by atoms with Crippen LogP contribution in [0.5, 0.6) is 0 Å². The molecule has 0 unspecified atom stereocenters. The van der Waals surface area contributed by atoms with E-state index < -0.39 is 0 Å². The predicted octanol–water partition coefficient (Wildman–Crippen LogP) is 9.63. The first-order chi connectivity index (χ1) is 57.5. The number of rotatable bonds is 16. The third-order valence-corrected chi connectivity index (χ3v) is 23.7. The first kappa shape index (κ1) is 90.4. The van der Waals surface area contributed by atoms with Crippen molar-refractivity contribution in [2.75, 3.05) is 47.3 Å². The van der Waals surface area contributed by atoms with Crippen LogP contribution >= 0.6 is 23.2 Å². The second-order valence-electron chi connectivity index (χ2n) is 31.6. The van der Waals surface area contributed by atoms with Gasteiger partial charge >= 0.3 is 41.5 Å². The van der Waals surface area contributed by atoms with Gasteiger partial charge in [-0.3, -0.25) is 4.90 Å². The van der Waals surface area contributed by atoms with Crippen molar-refractivity contribution in [2.45, 2.75) is 108 Å². The lowest BCUT2D eigenvalue weighted by molar-refractivity contribution is -0.919. The summed E-state index contributed by atoms with van der Waals surface area (Å²) in [6, 6.07) is 77.7. The lowest BCUT2D eigenvalue weighted by atomic mass is 9.53. The molecule has 610 valence electrons. The van der Waals surface area contributed by atoms with Crippen LogP contribution in [0, 0.1) is 61.2 Å². The van der Waals surface area contributed by atoms with Crippen LogP contribution in [0.2, 0.25) is 10.0 Å². The molecule has 6 aliphatic heterocycles. The number of aryl methyl sites for hydroxylation is 3. The summed E-state index contributed by atoms with van der Waals surface area (Å²) in [5.41, 5.74) is 27.0. The molecule has 0 aromatic heterocycles. The van der Waals surface area contributed by atoms with Gasteiger partial charge in [-0.1, -0.05) is 200 Å². The van der Waals surface area contributed by atoms with Crippen LogP contribution in [0.15, 0.2) is 243 Å². The SMILES string of the molecule is CCN(CC)Cc1cccc(B2OCc3cc(F)ccc32)c1.CC[N+](C)(CC)Cc1cccc(B2OCc3cc(F)ccc32)c1.CN(C)Cc1cccc(B2OCc3cc(F)ccc32)c1.Cc1ccc(B2OCc3cc(F)ccc32)cc1Cl.Cc1cccc(C)c1B1OCc2cc(F)ccc21.N#Cc1cccc(B2OCc3cc(Cl)ccc32)c1.[I-]. The first-order valence-electron chi connectivity index (χ1n) is 40.7. The standard InChI is InChI=1S/C19H24BFNO.C18H21BFNO.C16H17BFNO.C15H14BFO.C14H11BClFO.C14H9BClNO.HI/c1-4-22(3,5-2)13-15-7-6-8-17(11-15)20-19-10-9-18(21)12-16(19)14-23-20;1-3-21(4-2)12-14-6-5-7-16(10-14)19-18-9-8-17(20)11-15(18)13-22-19;1-19(2)10-12-4-3-5-14(8-12)17-16-7-6-15(18)9-13(16)11-20-17;1-10-4-3-5-11(2)15(10)16-14-7-6-13(17)8-12(14)9-18-16;1-9-2-3-11(7-14(9)16)15-13-5-4-12(17)6-10(13)8-18-15;16-13-4-5-14-11(7-13)9-18-15(14)12-3-1-2-10(6-12)8-17;/h6-12H,4-5,13-14H2,1-3H3;5-11H,3-4,12-13H2,1-2H3;3-9H,10-11H2,1-2H3;3-8H,9H2,1-2H3;2-7H,8H2,1H3;1-7H,9H2;1H/q+1;;;;;;/p-1. The molecule has 0 bridgehead atoms. The highest BCUT2D eigenvalue weighted by Crippen LogP contribution is 2.23. The minimum atomic E-state index is -0.222. The lowest BCUT2D eigenvalue weighted by Crippen LogP contribution is -3.00. The largest absolute Gasteiger partial charge is 1.00 e. The fourth-order valence-electron chi connectivity index (χ4n) is 16.2. The Balaban J connectivity index is 0.000000132. The third-order valence-electron chi connectivity index (χ3n) is 23.0. The highest BCUT2D eigenvalue weighted by Gasteiger charge is 2.37. The monoisotopic (exact) mass is 1760 g/mol. The number of quaternary nitrogens is 1. The van der Waals surface area contributed by atoms with Crippen LogP contribution in [0.1, 0.15) is 100 Å². The Hall–Kier alpha value is -8.88. The Labute approximate surface area is 733 Å². The molecule has 0 amide bonds. The molecular formula is C96H96B6Cl2F5IN4O6. The van der Waals surface area contributed by atoms with Crippen LogP contribution in [-0.4, -0.2) is 103 Å². The number of hydrogen-bond acceptors (Lipinski definition) is 9. The maximum Gasteiger partial charge on any atom is 0.362 e. The molecule has 120 heavy (non-hydrogen) atoms. The Morgan fingerprint density at radius 1 is 0.375 bits per heavy atom. The van der Waals surface area contributed by atoms with Crippen LogP contribution < -0.4 is 89.5 Å². The molecule has 6 heterocycles. The van der Waals surface area contributed by atoms with E-state index in [0.717, 1.165) is 159 Å². The lowest BCUT2D eigenvalue weighted by Gasteiger charge is -2.32. The number of hydrogen-bond donors (Lipinski definition) is 0. The zero-order valence-corrected chi connectivity index (χ0v) is 73.2. The minimum Gasteiger partial charge on any atom is -1.00 e. The number of halogens is 8. The Morgan fingerprint density at radius 2 is 0.708 bits per heavy atom. The number of nitrogens with zero attached hydrogens (tertiary/aromatic N) is 4. The van der Waals surface area contributed by atoms with Gasteiger partial charge in [-0.05, 0) is 268 Å². The summed E-state index contributed by atoms with van der Waals surface area (Å²) in [5.74, 6) is -1.01. The summed E-state index contributed by atoms with van der Waals surface area (Å²) in [5, 5.41) is 10.4. The molecule has 6 aliphatic rings. The molecule has 12 aromatic carbocycles. The van der Waals surface area contributed by atoms with E-state index in [9.17, 15) is 22.0 Å². The molecule has 0 aliphatic carbocycles. The van der Waals surface area contributed by atoms with Crippen LogP contribution in [0.4, 0.5) is 22.0 Å². The summed E-state index contributed by atoms with van der Waals surface area (Å²) in [6.45, 7) is 24.6. The molecular weight excluding hydrogens is 1660 g/mol. The maximum atomic E-state index is 13.4. The van der Waals surface area contributed by atoms with Gasteiger partial charge < -0.3 is 61.3 Å². The molecule has 24 heteroatoms. The smallest absolute Gasteiger partial charge is 0.362 e. The second kappa shape index (κ2) is 41.8. The van der Waals surface area contributed by atoms with E-state index in [1.54, 1.807) is 36.4 Å². The second-order valence-corrected chi connectivity index (χ2v) is 32.4. The van der Waals surface area contributed by atoms with Gasteiger partial charge in [-0.25, -0.2) is 22.0 Å². The summed E-state index contributed by atoms with van der Waals surface area (Å²) in [7, 11) is 6.39. The van der Waals surface area contributed by atoms with Gasteiger partial charge in [0.05, 0.1) is 71.4 Å². The molecule has 0 atom stereocenters. The van der Waals surface area contributed by atoms with Crippen molar-refractivity contribution in [1.82, 2.24) is 9.80 Å². The maximum absolute atomic E-state index is 13.4. The van der Waals surface area contributed by atoms with Gasteiger partial charge in [0.2, 0.25) is 0 Å². The van der Waals surface area contributed by atoms with Gasteiger partial charge in [-0.2, -0.15) is 5.26 Å². The van der Waals surface area contributed by atoms with E-state index >= 15 is 0 Å². The van der Waals surface area contributed by atoms with Crippen molar-refractivity contribution in [3.05, 3.63) is 354 Å². The zero-order chi connectivity index (χ0) is 84.0. The van der Waals surface area contributed by atoms with Crippen molar-refractivity contribution < 1.29 is 78.3 Å². The summed E-state index contributed by atoms with van der Waals surface area (Å²) in [4.78, 5) is 4.52. The molecule has 12 aromatic rings. The number of nitriles is 1. The van der Waals surface area contributed by atoms with E-state index in [4.69, 9.17) is 56.4 Å². The molecule has 0 fully saturated rings. The zero-order valence-electron chi connectivity index (χ0n) is 69.5. The quantitative estimate of drug-likeness (QED) is 0.0407. The van der Waals surface area contributed by atoms with Crippen molar-refractivity contribution in [1.29, 1.82) is 5.26 Å². The molecule has 0 saturated carbocycles. The molecule has 0 N–H and O–H groups in total. The topological polar surface area (TPSA) is 85.7 Å². The predicted molar refractivity (Wildman–Crippen MR) is 480 cm³/mol. The van der Waals surface area contributed by atoms with Crippen LogP contribution in [-0.2, 0) is 87.2 Å². The van der Waals surface area contributed by atoms with Gasteiger partial charge in [0.1, 0.15) is 35.6 Å². The highest BCUT2D eigenvalue weighted by atomic mass is 127. The molecule has 0 saturated heterocycles. The molecule has 0 radical (unpaired) electrons. The van der Waals surface area contributed by atoms with E-state index in [1.165, 1.54) is 69.7 Å². The number of fused-ring (bicyclic) bond motifs is 6. The number of benzene rings is 12. The summed E-state index contributed by atoms with van der Waals surface area (Å²) >= 11 is 12.1. The Morgan fingerprint density at radius 3 is 1.09 bits per heavy atom. The van der Waals surface area contributed by atoms with Crippen molar-refractivity contribution >= 4 is 130 Å². The normalized spacial score (nSPS) is 13.7. The Kier molecular flexibility index (Phi) is 31.5. The van der Waals surface area contributed by atoms with E-state index in [-0.39, 0.29) is 94.6 Å². The van der Waals surface area contributed by atoms with Gasteiger partial charge in [0.15, 0.2) is 0 Å². The van der Waals surface area contributed by atoms with Crippen LogP contribution in [0.25, 0.3) is 0 Å². The molecule has 18 rings (SSSR count). The third kappa shape index (κ3) is 22.3. The highest BCUT2D eigenvalue weighted by molar-refractivity contribution is 6.84. The van der Waals surface area contributed by atoms with Gasteiger partial charge in [0.25, 0.3) is 0 Å². The van der Waals surface area contributed by atoms with Crippen molar-refractivity contribution in [2.24, 2.45) is 0 Å². The Bertz CT molecular complexity index is 5610. The van der Waals surface area contributed by atoms with E-state index in [0.29, 0.717) is 45.2 Å². The molecule has 10 nitrogen and oxygen atoms in total. The summed E-state index contributed by atoms with van der Waals surface area (Å²) in [6.07, 6.45) is 0. The van der Waals surface area contributed by atoms with Gasteiger partial charge in [0, 0.05) is 28.7 Å². The summed E-state index contributed by atoms with van der Waals surface area (Å²) < 4.78 is 102. The first-order valence-corrected chi connectivity index (χ1v) is 41.4. The minimum absolute atomic E-state index is 0. The van der Waals surface area contributed by atoms with Crippen molar-refractivity contribution in [3.63, 3.8) is 0 Å². The molecule has 0 spiro atoms. The van der Waals surface area contributed by atoms with E-state index in [2.05, 4.69) is 170 Å². The average Bonchev–Trinajstić information content (AvgIpc) is 1.66. The fourth-order valence-corrected chi connectivity index (χ4v) is 16.6. The fraction of sp³-hybridized carbons (Fsp3) is 0.240. The average molecular weight is 1760 g/mol. The van der Waals surface area contributed by atoms with Crippen LogP contribution in [0.3, 0.4) is 0 Å². The van der Waals surface area contributed by atoms with Crippen molar-refractivity contribution in [3.8, 4) is 6.07 Å². The van der Waals surface area contributed by atoms with E-state index in [1.807, 2.05) is 85.8 Å². The van der Waals surface area contributed by atoms with Gasteiger partial charge in [-0.15, -0.1) is 0 Å².